The van der Waals surface area contributed by atoms with E-state index in [-0.39, 0.29) is 31.1 Å². The molecule has 0 aromatic rings. The maximum absolute atomic E-state index is 13.6. The van der Waals surface area contributed by atoms with Crippen LogP contribution in [0.5, 0.6) is 0 Å². The Bertz CT molecular complexity index is 171. The van der Waals surface area contributed by atoms with E-state index in [0.29, 0.717) is 12.8 Å². The van der Waals surface area contributed by atoms with Gasteiger partial charge in [0.15, 0.2) is 11.5 Å². The van der Waals surface area contributed by atoms with Crippen molar-refractivity contribution in [2.45, 2.75) is 38.3 Å². The molecule has 0 aromatic heterocycles. The van der Waals surface area contributed by atoms with Gasteiger partial charge in [-0.3, -0.25) is 4.79 Å². The van der Waals surface area contributed by atoms with E-state index in [1.807, 2.05) is 0 Å². The standard InChI is InChI=1S/C9H15FO2/c1-7(12)9(10)4-2-8(6-11)3-5-9/h8,11H,2-6H2,1H3/t8-,9+. The Balaban J connectivity index is 2.49. The Hall–Kier alpha value is -0.440. The van der Waals surface area contributed by atoms with Gasteiger partial charge in [0.25, 0.3) is 0 Å². The van der Waals surface area contributed by atoms with Crippen LogP contribution in [0.25, 0.3) is 0 Å². The fourth-order valence-electron chi connectivity index (χ4n) is 1.67. The van der Waals surface area contributed by atoms with Crippen LogP contribution in [-0.4, -0.2) is 23.2 Å². The van der Waals surface area contributed by atoms with Crippen LogP contribution in [0.15, 0.2) is 0 Å². The SMILES string of the molecule is CC(=O)[C@]1(F)CC[C@@H](CO)CC1. The van der Waals surface area contributed by atoms with Gasteiger partial charge in [-0.2, -0.15) is 0 Å². The molecule has 1 aliphatic carbocycles. The molecule has 0 aromatic carbocycles. The highest BCUT2D eigenvalue weighted by Gasteiger charge is 2.39. The number of Topliss-reactive ketones (excluding diaryl/α,β-unsaturated/α-hetero) is 1. The molecule has 0 saturated heterocycles. The van der Waals surface area contributed by atoms with Crippen LogP contribution >= 0.6 is 0 Å². The molecular formula is C9H15FO2. The molecule has 1 aliphatic rings. The molecule has 0 aliphatic heterocycles. The Morgan fingerprint density at radius 2 is 2.08 bits per heavy atom. The average molecular weight is 174 g/mol. The summed E-state index contributed by atoms with van der Waals surface area (Å²) in [6.45, 7) is 1.42. The molecule has 1 saturated carbocycles. The molecule has 2 nitrogen and oxygen atoms in total. The highest BCUT2D eigenvalue weighted by molar-refractivity contribution is 5.84. The first-order valence-electron chi connectivity index (χ1n) is 4.39. The maximum atomic E-state index is 13.6. The molecule has 0 radical (unpaired) electrons. The minimum absolute atomic E-state index is 0.119. The predicted octanol–water partition coefficient (Wildman–Crippen LogP) is 1.47. The van der Waals surface area contributed by atoms with Crippen molar-refractivity contribution in [3.63, 3.8) is 0 Å². The molecule has 12 heavy (non-hydrogen) atoms. The van der Waals surface area contributed by atoms with Crippen molar-refractivity contribution in [1.82, 2.24) is 0 Å². The molecule has 0 amide bonds. The third-order valence-electron chi connectivity index (χ3n) is 2.79. The molecule has 0 heterocycles. The van der Waals surface area contributed by atoms with E-state index in [9.17, 15) is 9.18 Å². The first kappa shape index (κ1) is 9.65. The van der Waals surface area contributed by atoms with Gasteiger partial charge >= 0.3 is 0 Å². The second-order valence-electron chi connectivity index (χ2n) is 3.65. The van der Waals surface area contributed by atoms with Gasteiger partial charge in [0.05, 0.1) is 0 Å². The molecule has 0 atom stereocenters. The van der Waals surface area contributed by atoms with Crippen molar-refractivity contribution < 1.29 is 14.3 Å². The Morgan fingerprint density at radius 1 is 1.58 bits per heavy atom. The molecule has 1 fully saturated rings. The van der Waals surface area contributed by atoms with Crippen LogP contribution in [0, 0.1) is 5.92 Å². The zero-order valence-corrected chi connectivity index (χ0v) is 7.35. The van der Waals surface area contributed by atoms with Gasteiger partial charge in [-0.05, 0) is 38.5 Å². The van der Waals surface area contributed by atoms with E-state index in [2.05, 4.69) is 0 Å². The van der Waals surface area contributed by atoms with E-state index in [1.165, 1.54) is 6.92 Å². The summed E-state index contributed by atoms with van der Waals surface area (Å²) in [4.78, 5) is 10.9. The lowest BCUT2D eigenvalue weighted by Crippen LogP contribution is -2.37. The maximum Gasteiger partial charge on any atom is 0.168 e. The molecule has 1 rings (SSSR count). The van der Waals surface area contributed by atoms with Gasteiger partial charge in [0.2, 0.25) is 0 Å². The van der Waals surface area contributed by atoms with Gasteiger partial charge in [-0.1, -0.05) is 0 Å². The molecule has 0 bridgehead atoms. The van der Waals surface area contributed by atoms with Crippen molar-refractivity contribution in [2.24, 2.45) is 5.92 Å². The average Bonchev–Trinajstić information content (AvgIpc) is 2.06. The molecule has 70 valence electrons. The van der Waals surface area contributed by atoms with Crippen LogP contribution in [0.3, 0.4) is 0 Å². The van der Waals surface area contributed by atoms with Crippen LogP contribution in [0.4, 0.5) is 4.39 Å². The summed E-state index contributed by atoms with van der Waals surface area (Å²) < 4.78 is 13.6. The highest BCUT2D eigenvalue weighted by Crippen LogP contribution is 2.35. The van der Waals surface area contributed by atoms with Crippen molar-refractivity contribution in [3.8, 4) is 0 Å². The zero-order chi connectivity index (χ0) is 9.19. The van der Waals surface area contributed by atoms with Gasteiger partial charge < -0.3 is 5.11 Å². The van der Waals surface area contributed by atoms with E-state index in [1.54, 1.807) is 0 Å². The normalized spacial score (nSPS) is 36.4. The Morgan fingerprint density at radius 3 is 2.42 bits per heavy atom. The highest BCUT2D eigenvalue weighted by atomic mass is 19.1. The van der Waals surface area contributed by atoms with Crippen LogP contribution < -0.4 is 0 Å². The molecular weight excluding hydrogens is 159 g/mol. The lowest BCUT2D eigenvalue weighted by molar-refractivity contribution is -0.131. The molecule has 1 N–H and O–H groups in total. The summed E-state index contributed by atoms with van der Waals surface area (Å²) in [5, 5.41) is 8.79. The number of hydrogen-bond acceptors (Lipinski definition) is 2. The van der Waals surface area contributed by atoms with Crippen molar-refractivity contribution in [3.05, 3.63) is 0 Å². The first-order valence-corrected chi connectivity index (χ1v) is 4.39. The summed E-state index contributed by atoms with van der Waals surface area (Å²) in [5.41, 5.74) is -1.59. The van der Waals surface area contributed by atoms with Crippen molar-refractivity contribution in [1.29, 1.82) is 0 Å². The van der Waals surface area contributed by atoms with Gasteiger partial charge in [-0.15, -0.1) is 0 Å². The van der Waals surface area contributed by atoms with E-state index >= 15 is 0 Å². The van der Waals surface area contributed by atoms with Crippen molar-refractivity contribution in [2.75, 3.05) is 6.61 Å². The minimum Gasteiger partial charge on any atom is -0.396 e. The summed E-state index contributed by atoms with van der Waals surface area (Å²) >= 11 is 0. The van der Waals surface area contributed by atoms with Gasteiger partial charge in [0.1, 0.15) is 0 Å². The number of hydrogen-bond donors (Lipinski definition) is 1. The lowest BCUT2D eigenvalue weighted by Gasteiger charge is -2.30. The van der Waals surface area contributed by atoms with Gasteiger partial charge in [0, 0.05) is 6.61 Å². The Kier molecular flexibility index (Phi) is 2.83. The minimum atomic E-state index is -1.59. The molecule has 0 spiro atoms. The molecule has 3 heteroatoms. The molecule has 0 unspecified atom stereocenters. The number of carbonyl (C=O) groups excluding carboxylic acids is 1. The van der Waals surface area contributed by atoms with Crippen molar-refractivity contribution >= 4 is 5.78 Å². The first-order chi connectivity index (χ1) is 5.58. The third-order valence-corrected chi connectivity index (χ3v) is 2.79. The number of ketones is 1. The second kappa shape index (κ2) is 3.52. The summed E-state index contributed by atoms with van der Waals surface area (Å²) in [6.07, 6.45) is 1.83. The number of aliphatic hydroxyl groups is 1. The summed E-state index contributed by atoms with van der Waals surface area (Å²) in [7, 11) is 0. The van der Waals surface area contributed by atoms with E-state index in [0.717, 1.165) is 0 Å². The predicted molar refractivity (Wildman–Crippen MR) is 43.6 cm³/mol. The quantitative estimate of drug-likeness (QED) is 0.688. The van der Waals surface area contributed by atoms with Crippen LogP contribution in [0.1, 0.15) is 32.6 Å². The summed E-state index contributed by atoms with van der Waals surface area (Å²) in [5.74, 6) is -0.160. The fraction of sp³-hybridized carbons (Fsp3) is 0.889. The second-order valence-corrected chi connectivity index (χ2v) is 3.65. The Labute approximate surface area is 71.8 Å². The van der Waals surface area contributed by atoms with E-state index in [4.69, 9.17) is 5.11 Å². The number of halogens is 1. The van der Waals surface area contributed by atoms with Crippen LogP contribution in [-0.2, 0) is 4.79 Å². The summed E-state index contributed by atoms with van der Waals surface area (Å²) in [6, 6.07) is 0. The topological polar surface area (TPSA) is 37.3 Å². The zero-order valence-electron chi connectivity index (χ0n) is 7.35. The smallest absolute Gasteiger partial charge is 0.168 e. The number of rotatable bonds is 2. The fourth-order valence-corrected chi connectivity index (χ4v) is 1.67. The number of alkyl halides is 1. The third kappa shape index (κ3) is 1.83. The van der Waals surface area contributed by atoms with Gasteiger partial charge in [-0.25, -0.2) is 4.39 Å². The number of aliphatic hydroxyl groups excluding tert-OH is 1. The number of carbonyl (C=O) groups is 1. The lowest BCUT2D eigenvalue weighted by atomic mass is 9.78. The van der Waals surface area contributed by atoms with Crippen LogP contribution in [0.2, 0.25) is 0 Å². The van der Waals surface area contributed by atoms with E-state index < -0.39 is 5.67 Å². The largest absolute Gasteiger partial charge is 0.396 e. The monoisotopic (exact) mass is 174 g/mol.